The normalized spacial score (nSPS) is 24.6. The lowest BCUT2D eigenvalue weighted by Gasteiger charge is -2.39. The summed E-state index contributed by atoms with van der Waals surface area (Å²) in [6.07, 6.45) is 1.13. The van der Waals surface area contributed by atoms with Gasteiger partial charge in [0.1, 0.15) is 0 Å². The van der Waals surface area contributed by atoms with Crippen molar-refractivity contribution in [3.8, 4) is 0 Å². The van der Waals surface area contributed by atoms with Crippen LogP contribution in [0.4, 0.5) is 5.69 Å². The van der Waals surface area contributed by atoms with Gasteiger partial charge in [-0.15, -0.1) is 0 Å². The standard InChI is InChI=1S/C29H38N2O7/c1-19(36-20(2)33)28(34)30-24-7-4-6-23(14-24)29-37-26(16-31-13-5-8-25(31)18-35-3)15-27(38-29)22-11-9-21(17-32)10-12-22/h4,6-7,9-12,14,19,25-27,29,32H,5,8,13,15-18H2,1-3H3,(H,30,34). The molecule has 2 aromatic carbocycles. The SMILES string of the molecule is COCC1CCCN1CC1CC(c2ccc(CO)cc2)OC(c2cccc(NC(=O)C(C)OC(C)=O)c2)O1. The minimum absolute atomic E-state index is 0.00933. The molecule has 2 saturated heterocycles. The molecular weight excluding hydrogens is 488 g/mol. The van der Waals surface area contributed by atoms with Crippen LogP contribution in [0.25, 0.3) is 0 Å². The summed E-state index contributed by atoms with van der Waals surface area (Å²) in [6.45, 7) is 5.27. The Morgan fingerprint density at radius 1 is 1.16 bits per heavy atom. The summed E-state index contributed by atoms with van der Waals surface area (Å²) in [5, 5.41) is 12.2. The van der Waals surface area contributed by atoms with Gasteiger partial charge in [0.2, 0.25) is 0 Å². The Labute approximate surface area is 224 Å². The van der Waals surface area contributed by atoms with Crippen molar-refractivity contribution < 1.29 is 33.6 Å². The van der Waals surface area contributed by atoms with Crippen LogP contribution in [0.1, 0.15) is 62.2 Å². The Morgan fingerprint density at radius 2 is 1.95 bits per heavy atom. The van der Waals surface area contributed by atoms with Crippen molar-refractivity contribution in [3.05, 3.63) is 65.2 Å². The maximum absolute atomic E-state index is 12.5. The molecule has 2 fully saturated rings. The van der Waals surface area contributed by atoms with Gasteiger partial charge in [-0.3, -0.25) is 14.5 Å². The van der Waals surface area contributed by atoms with Gasteiger partial charge in [0.25, 0.3) is 5.91 Å². The number of rotatable bonds is 10. The van der Waals surface area contributed by atoms with E-state index in [1.54, 1.807) is 13.2 Å². The molecule has 0 radical (unpaired) electrons. The van der Waals surface area contributed by atoms with E-state index in [1.165, 1.54) is 13.8 Å². The fraction of sp³-hybridized carbons (Fsp3) is 0.517. The van der Waals surface area contributed by atoms with Crippen molar-refractivity contribution in [2.75, 3.05) is 32.1 Å². The van der Waals surface area contributed by atoms with Crippen LogP contribution >= 0.6 is 0 Å². The first-order valence-electron chi connectivity index (χ1n) is 13.2. The number of esters is 1. The number of nitrogens with one attached hydrogen (secondary N) is 1. The number of amides is 1. The van der Waals surface area contributed by atoms with E-state index in [2.05, 4.69) is 10.2 Å². The van der Waals surface area contributed by atoms with Crippen LogP contribution in [0.3, 0.4) is 0 Å². The van der Waals surface area contributed by atoms with Crippen LogP contribution in [-0.2, 0) is 35.1 Å². The van der Waals surface area contributed by atoms with Gasteiger partial charge in [-0.1, -0.05) is 36.4 Å². The molecule has 0 aliphatic carbocycles. The van der Waals surface area contributed by atoms with Crippen LogP contribution in [0.2, 0.25) is 0 Å². The minimum Gasteiger partial charge on any atom is -0.453 e. The van der Waals surface area contributed by atoms with E-state index < -0.39 is 24.3 Å². The van der Waals surface area contributed by atoms with E-state index in [9.17, 15) is 14.7 Å². The van der Waals surface area contributed by atoms with Crippen LogP contribution < -0.4 is 5.32 Å². The molecule has 5 unspecified atom stereocenters. The predicted molar refractivity (Wildman–Crippen MR) is 141 cm³/mol. The Kier molecular flexibility index (Phi) is 9.87. The van der Waals surface area contributed by atoms with Crippen molar-refractivity contribution in [2.24, 2.45) is 0 Å². The summed E-state index contributed by atoms with van der Waals surface area (Å²) >= 11 is 0. The molecule has 1 amide bonds. The molecule has 206 valence electrons. The van der Waals surface area contributed by atoms with Gasteiger partial charge in [0.05, 0.1) is 25.4 Å². The second-order valence-corrected chi connectivity index (χ2v) is 9.96. The predicted octanol–water partition coefficient (Wildman–Crippen LogP) is 3.73. The zero-order valence-corrected chi connectivity index (χ0v) is 22.3. The quantitative estimate of drug-likeness (QED) is 0.451. The number of benzene rings is 2. The van der Waals surface area contributed by atoms with Gasteiger partial charge in [0.15, 0.2) is 12.4 Å². The molecule has 0 aromatic heterocycles. The molecule has 9 nitrogen and oxygen atoms in total. The highest BCUT2D eigenvalue weighted by Crippen LogP contribution is 2.39. The molecule has 0 bridgehead atoms. The number of ether oxygens (including phenoxy) is 4. The van der Waals surface area contributed by atoms with E-state index in [0.717, 1.165) is 42.6 Å². The molecule has 2 aromatic rings. The second kappa shape index (κ2) is 13.3. The molecule has 0 saturated carbocycles. The van der Waals surface area contributed by atoms with E-state index in [4.69, 9.17) is 18.9 Å². The van der Waals surface area contributed by atoms with Crippen molar-refractivity contribution in [1.29, 1.82) is 0 Å². The van der Waals surface area contributed by atoms with E-state index in [1.807, 2.05) is 42.5 Å². The summed E-state index contributed by atoms with van der Waals surface area (Å²) in [5.41, 5.74) is 3.21. The first-order chi connectivity index (χ1) is 18.4. The summed E-state index contributed by atoms with van der Waals surface area (Å²) in [7, 11) is 1.74. The fourth-order valence-electron chi connectivity index (χ4n) is 5.12. The van der Waals surface area contributed by atoms with Gasteiger partial charge in [0, 0.05) is 44.3 Å². The third-order valence-corrected chi connectivity index (χ3v) is 7.05. The molecule has 4 rings (SSSR count). The highest BCUT2D eigenvalue weighted by atomic mass is 16.7. The van der Waals surface area contributed by atoms with Crippen LogP contribution in [0.5, 0.6) is 0 Å². The average molecular weight is 527 g/mol. The van der Waals surface area contributed by atoms with E-state index >= 15 is 0 Å². The number of hydrogen-bond donors (Lipinski definition) is 2. The van der Waals surface area contributed by atoms with Gasteiger partial charge in [-0.05, 0) is 49.6 Å². The summed E-state index contributed by atoms with van der Waals surface area (Å²) in [4.78, 5) is 26.1. The lowest BCUT2D eigenvalue weighted by atomic mass is 9.99. The highest BCUT2D eigenvalue weighted by Gasteiger charge is 2.35. The van der Waals surface area contributed by atoms with Crippen LogP contribution in [0.15, 0.2) is 48.5 Å². The Hall–Kier alpha value is -2.82. The maximum Gasteiger partial charge on any atom is 0.303 e. The number of carbonyl (C=O) groups is 2. The Balaban J connectivity index is 1.53. The van der Waals surface area contributed by atoms with Crippen molar-refractivity contribution in [3.63, 3.8) is 0 Å². The monoisotopic (exact) mass is 526 g/mol. The van der Waals surface area contributed by atoms with Gasteiger partial charge < -0.3 is 29.4 Å². The van der Waals surface area contributed by atoms with Gasteiger partial charge in [-0.2, -0.15) is 0 Å². The zero-order chi connectivity index (χ0) is 27.1. The first kappa shape index (κ1) is 28.2. The molecular formula is C29H38N2O7. The van der Waals surface area contributed by atoms with Gasteiger partial charge >= 0.3 is 5.97 Å². The molecule has 0 spiro atoms. The third-order valence-electron chi connectivity index (χ3n) is 7.05. The summed E-state index contributed by atoms with van der Waals surface area (Å²) in [6, 6.07) is 15.5. The number of methoxy groups -OCH3 is 1. The van der Waals surface area contributed by atoms with Crippen LogP contribution in [0, 0.1) is 0 Å². The summed E-state index contributed by atoms with van der Waals surface area (Å²) < 4.78 is 23.4. The number of hydrogen-bond acceptors (Lipinski definition) is 8. The smallest absolute Gasteiger partial charge is 0.303 e. The molecule has 2 N–H and O–H groups in total. The molecule has 5 atom stereocenters. The molecule has 2 heterocycles. The number of anilines is 1. The highest BCUT2D eigenvalue weighted by molar-refractivity contribution is 5.95. The molecule has 2 aliphatic heterocycles. The molecule has 2 aliphatic rings. The molecule has 38 heavy (non-hydrogen) atoms. The number of aliphatic hydroxyl groups is 1. The molecule has 9 heteroatoms. The van der Waals surface area contributed by atoms with E-state index in [-0.39, 0.29) is 18.8 Å². The topological polar surface area (TPSA) is 107 Å². The third kappa shape index (κ3) is 7.39. The maximum atomic E-state index is 12.5. The first-order valence-corrected chi connectivity index (χ1v) is 13.2. The number of nitrogens with zero attached hydrogens (tertiary/aromatic N) is 1. The van der Waals surface area contributed by atoms with Crippen molar-refractivity contribution in [2.45, 2.75) is 70.4 Å². The number of likely N-dealkylation sites (tertiary alicyclic amines) is 1. The Bertz CT molecular complexity index is 1080. The number of carbonyl (C=O) groups excluding carboxylic acids is 2. The van der Waals surface area contributed by atoms with Crippen LogP contribution in [-0.4, -0.2) is 66.9 Å². The second-order valence-electron chi connectivity index (χ2n) is 9.96. The lowest BCUT2D eigenvalue weighted by Crippen LogP contribution is -2.42. The zero-order valence-electron chi connectivity index (χ0n) is 22.3. The van der Waals surface area contributed by atoms with Crippen molar-refractivity contribution >= 4 is 17.6 Å². The van der Waals surface area contributed by atoms with Crippen molar-refractivity contribution in [1.82, 2.24) is 4.90 Å². The average Bonchev–Trinajstić information content (AvgIpc) is 3.35. The minimum atomic E-state index is -0.908. The lowest BCUT2D eigenvalue weighted by molar-refractivity contribution is -0.253. The Morgan fingerprint density at radius 3 is 2.66 bits per heavy atom. The fourth-order valence-corrected chi connectivity index (χ4v) is 5.12. The summed E-state index contributed by atoms with van der Waals surface area (Å²) in [5.74, 6) is -0.930. The largest absolute Gasteiger partial charge is 0.453 e. The van der Waals surface area contributed by atoms with Gasteiger partial charge in [-0.25, -0.2) is 0 Å². The van der Waals surface area contributed by atoms with E-state index in [0.29, 0.717) is 24.8 Å². The number of aliphatic hydroxyl groups excluding tert-OH is 1.